The summed E-state index contributed by atoms with van der Waals surface area (Å²) < 4.78 is 67.9. The van der Waals surface area contributed by atoms with Gasteiger partial charge in [-0.2, -0.15) is 5.26 Å². The number of nitrogens with zero attached hydrogens (tertiary/aromatic N) is 4. The van der Waals surface area contributed by atoms with Crippen LogP contribution in [0.25, 0.3) is 104 Å². The van der Waals surface area contributed by atoms with E-state index in [1.54, 1.807) is 58.3 Å². The van der Waals surface area contributed by atoms with Gasteiger partial charge in [0, 0.05) is 45.4 Å². The molecule has 0 unspecified atom stereocenters. The lowest BCUT2D eigenvalue weighted by Crippen LogP contribution is -2.15. The molecule has 8 heteroatoms. The number of nitriles is 1. The first-order valence-corrected chi connectivity index (χ1v) is 28.0. The second kappa shape index (κ2) is 22.0. The Morgan fingerprint density at radius 3 is 1.02 bits per heavy atom. The molecule has 14 aromatic rings. The highest BCUT2D eigenvalue weighted by molar-refractivity contribution is 6.28. The van der Waals surface area contributed by atoms with Crippen LogP contribution in [0.2, 0.25) is 0 Å². The molecule has 0 saturated heterocycles. The van der Waals surface area contributed by atoms with Crippen LogP contribution in [-0.2, 0) is 0 Å². The number of anilines is 6. The molecule has 86 heavy (non-hydrogen) atoms. The molecular formula is C78H46F4N4. The number of benzene rings is 14. The Hall–Kier alpha value is -11.6. The average molecular weight is 1120 g/mol. The fraction of sp³-hybridized carbons (Fsp3) is 0. The number of halogens is 4. The van der Waals surface area contributed by atoms with E-state index in [9.17, 15) is 5.26 Å². The van der Waals surface area contributed by atoms with Crippen LogP contribution in [0.3, 0.4) is 0 Å². The molecule has 0 aliphatic rings. The molecule has 0 aliphatic carbocycles. The maximum Gasteiger partial charge on any atom is 0.187 e. The highest BCUT2D eigenvalue weighted by atomic mass is 19.1. The van der Waals surface area contributed by atoms with Crippen LogP contribution < -0.4 is 9.80 Å². The predicted molar refractivity (Wildman–Crippen MR) is 343 cm³/mol. The molecule has 0 bridgehead atoms. The summed E-state index contributed by atoms with van der Waals surface area (Å²) in [6, 6.07) is 87.9. The third-order valence-electron chi connectivity index (χ3n) is 16.0. The molecule has 0 atom stereocenters. The first-order chi connectivity index (χ1) is 42.2. The minimum atomic E-state index is -0.814. The van der Waals surface area contributed by atoms with Crippen LogP contribution in [0.15, 0.2) is 279 Å². The number of rotatable bonds is 12. The minimum absolute atomic E-state index is 0.0798. The van der Waals surface area contributed by atoms with Crippen molar-refractivity contribution in [2.75, 3.05) is 9.80 Å². The molecule has 14 aromatic carbocycles. The normalized spacial score (nSPS) is 11.2. The van der Waals surface area contributed by atoms with E-state index in [1.165, 1.54) is 12.1 Å². The molecular weight excluding hydrogens is 1070 g/mol. The number of hydrogen-bond donors (Lipinski definition) is 0. The maximum atomic E-state index is 17.7. The molecule has 0 spiro atoms. The number of hydrogen-bond acceptors (Lipinski definition) is 3. The average Bonchev–Trinajstić information content (AvgIpc) is 1.12. The topological polar surface area (TPSA) is 34.6 Å². The van der Waals surface area contributed by atoms with Crippen molar-refractivity contribution in [1.29, 1.82) is 5.26 Å². The molecule has 0 heterocycles. The summed E-state index contributed by atoms with van der Waals surface area (Å²) in [6.07, 6.45) is 0. The molecule has 0 aromatic heterocycles. The van der Waals surface area contributed by atoms with E-state index in [4.69, 9.17) is 6.57 Å². The summed E-state index contributed by atoms with van der Waals surface area (Å²) in [6.45, 7) is 7.85. The van der Waals surface area contributed by atoms with E-state index in [0.29, 0.717) is 56.1 Å². The Morgan fingerprint density at radius 2 is 0.674 bits per heavy atom. The highest BCUT2D eigenvalue weighted by Crippen LogP contribution is 2.52. The molecule has 4 nitrogen and oxygen atoms in total. The molecule has 14 rings (SSSR count). The molecule has 0 N–H and O–H groups in total. The van der Waals surface area contributed by atoms with Crippen molar-refractivity contribution >= 4 is 72.1 Å². The summed E-state index contributed by atoms with van der Waals surface area (Å²) in [5.41, 5.74) is 11.9. The Morgan fingerprint density at radius 1 is 0.337 bits per heavy atom. The van der Waals surface area contributed by atoms with Crippen LogP contribution in [0.1, 0.15) is 5.56 Å². The van der Waals surface area contributed by atoms with Gasteiger partial charge in [0.1, 0.15) is 11.6 Å². The smallest absolute Gasteiger partial charge is 0.187 e. The van der Waals surface area contributed by atoms with Gasteiger partial charge in [-0.25, -0.2) is 22.4 Å². The van der Waals surface area contributed by atoms with Crippen molar-refractivity contribution < 1.29 is 17.6 Å². The molecule has 0 aliphatic heterocycles. The summed E-state index contributed by atoms with van der Waals surface area (Å²) in [4.78, 5) is 7.28. The van der Waals surface area contributed by atoms with Crippen LogP contribution in [0, 0.1) is 41.2 Å². The van der Waals surface area contributed by atoms with Crippen LogP contribution in [-0.4, -0.2) is 0 Å². The van der Waals surface area contributed by atoms with E-state index in [0.717, 1.165) is 83.6 Å². The van der Waals surface area contributed by atoms with Gasteiger partial charge in [0.05, 0.1) is 41.0 Å². The van der Waals surface area contributed by atoms with Crippen LogP contribution >= 0.6 is 0 Å². The second-order valence-corrected chi connectivity index (χ2v) is 21.2. The summed E-state index contributed by atoms with van der Waals surface area (Å²) in [7, 11) is 0. The molecule has 0 radical (unpaired) electrons. The first-order valence-electron chi connectivity index (χ1n) is 28.0. The largest absolute Gasteiger partial charge is 0.307 e. The van der Waals surface area contributed by atoms with E-state index in [1.807, 2.05) is 194 Å². The standard InChI is InChI=1S/C78H46F4N4/c1-84-64-28-32-66(33-29-64)86(78-70(45-63(80)47-72(78)82)61-42-58(52-18-10-4-11-19-52)39-59(43-61)53-20-12-5-13-21-53)74-37-27-55-24-34-67-73(36-26-54-25-35-68(74)76(55)75(54)67)85(65-30-22-49(48-83)23-31-65)77-69(44-62(79)46-71(77)81)60-40-56(50-14-6-2-7-15-50)38-57(41-60)51-16-8-3-9-17-51/h2-47H. The van der Waals surface area contributed by atoms with Crippen molar-refractivity contribution in [3.8, 4) is 72.8 Å². The van der Waals surface area contributed by atoms with Gasteiger partial charge < -0.3 is 9.80 Å². The Labute approximate surface area is 494 Å². The van der Waals surface area contributed by atoms with Crippen LogP contribution in [0.4, 0.5) is 57.4 Å². The van der Waals surface area contributed by atoms with E-state index >= 15 is 17.6 Å². The second-order valence-electron chi connectivity index (χ2n) is 21.2. The van der Waals surface area contributed by atoms with Gasteiger partial charge >= 0.3 is 0 Å². The lowest BCUT2D eigenvalue weighted by Gasteiger charge is -2.31. The minimum Gasteiger partial charge on any atom is -0.307 e. The lowest BCUT2D eigenvalue weighted by molar-refractivity contribution is 0.584. The van der Waals surface area contributed by atoms with Gasteiger partial charge in [0.15, 0.2) is 17.3 Å². The van der Waals surface area contributed by atoms with Gasteiger partial charge in [0.25, 0.3) is 0 Å². The van der Waals surface area contributed by atoms with Crippen LogP contribution in [0.5, 0.6) is 0 Å². The molecule has 0 fully saturated rings. The molecule has 406 valence electrons. The van der Waals surface area contributed by atoms with Gasteiger partial charge in [0.2, 0.25) is 0 Å². The zero-order valence-electron chi connectivity index (χ0n) is 45.9. The van der Waals surface area contributed by atoms with Gasteiger partial charge in [-0.15, -0.1) is 0 Å². The van der Waals surface area contributed by atoms with Crippen molar-refractivity contribution in [2.24, 2.45) is 0 Å². The van der Waals surface area contributed by atoms with Gasteiger partial charge in [-0.3, -0.25) is 0 Å². The van der Waals surface area contributed by atoms with Crippen molar-refractivity contribution in [3.05, 3.63) is 319 Å². The highest BCUT2D eigenvalue weighted by Gasteiger charge is 2.29. The van der Waals surface area contributed by atoms with Gasteiger partial charge in [-0.05, 0) is 174 Å². The zero-order valence-corrected chi connectivity index (χ0v) is 45.9. The summed E-state index contributed by atoms with van der Waals surface area (Å²) >= 11 is 0. The first kappa shape index (κ1) is 52.5. The van der Waals surface area contributed by atoms with Crippen molar-refractivity contribution in [1.82, 2.24) is 0 Å². The van der Waals surface area contributed by atoms with E-state index < -0.39 is 23.3 Å². The molecule has 0 amide bonds. The molecule has 0 saturated carbocycles. The monoisotopic (exact) mass is 1110 g/mol. The van der Waals surface area contributed by atoms with E-state index in [2.05, 4.69) is 23.0 Å². The fourth-order valence-electron chi connectivity index (χ4n) is 12.1. The summed E-state index contributed by atoms with van der Waals surface area (Å²) in [5, 5.41) is 14.8. The van der Waals surface area contributed by atoms with Crippen molar-refractivity contribution in [2.45, 2.75) is 0 Å². The van der Waals surface area contributed by atoms with Gasteiger partial charge in [-0.1, -0.05) is 170 Å². The zero-order chi connectivity index (χ0) is 58.4. The fourth-order valence-corrected chi connectivity index (χ4v) is 12.1. The SMILES string of the molecule is [C-]#[N+]c1ccc(N(c2c(F)cc(F)cc2-c2cc(-c3ccccc3)cc(-c3ccccc3)c2)c2ccc3ccc4c(N(c5ccc(C#N)cc5)c5c(F)cc(F)cc5-c5cc(-c6ccccc6)cc(-c6ccccc6)c5)ccc5ccc2c3c54)cc1. The Bertz CT molecular complexity index is 4550. The quantitative estimate of drug-likeness (QED) is 0.0695. The third kappa shape index (κ3) is 9.57. The van der Waals surface area contributed by atoms with Crippen molar-refractivity contribution in [3.63, 3.8) is 0 Å². The van der Waals surface area contributed by atoms with E-state index in [-0.39, 0.29) is 16.9 Å². The lowest BCUT2D eigenvalue weighted by atomic mass is 9.90. The maximum absolute atomic E-state index is 17.7. The Balaban J connectivity index is 1.01. The third-order valence-corrected chi connectivity index (χ3v) is 16.0. The summed E-state index contributed by atoms with van der Waals surface area (Å²) in [5.74, 6) is -3.14. The Kier molecular flexibility index (Phi) is 13.4. The predicted octanol–water partition coefficient (Wildman–Crippen LogP) is 22.5.